The van der Waals surface area contributed by atoms with Gasteiger partial charge in [-0.25, -0.2) is 4.79 Å². The molecule has 1 N–H and O–H groups in total. The number of aromatic nitrogens is 1. The number of hydrogen-bond acceptors (Lipinski definition) is 5. The lowest BCUT2D eigenvalue weighted by molar-refractivity contribution is -0.384. The van der Waals surface area contributed by atoms with Crippen molar-refractivity contribution in [3.63, 3.8) is 0 Å². The molecule has 1 aromatic heterocycles. The molecule has 1 heterocycles. The zero-order valence-corrected chi connectivity index (χ0v) is 12.1. The Morgan fingerprint density at radius 1 is 1.17 bits per heavy atom. The second-order valence-corrected chi connectivity index (χ2v) is 4.83. The van der Waals surface area contributed by atoms with Crippen LogP contribution in [0.4, 0.5) is 5.69 Å². The van der Waals surface area contributed by atoms with E-state index in [0.717, 1.165) is 10.6 Å². The maximum Gasteiger partial charge on any atom is 0.341 e. The second-order valence-electron chi connectivity index (χ2n) is 4.83. The number of nitrogens with zero attached hydrogens (tertiary/aromatic N) is 2. The molecule has 0 aliphatic heterocycles. The van der Waals surface area contributed by atoms with Gasteiger partial charge in [0.05, 0.1) is 17.2 Å². The molecule has 0 aliphatic rings. The standard InChI is InChI=1S/C15H12N2O6/c1-9(18)8-16-13(7-6-12(14(16)19)15(20)21)10-2-4-11(5-3-10)17(22)23/h2-7H,8H2,1H3,(H,20,21). The van der Waals surface area contributed by atoms with Crippen LogP contribution in [0.25, 0.3) is 11.3 Å². The number of nitro groups is 1. The number of non-ortho nitro benzene ring substituents is 1. The fraction of sp³-hybridized carbons (Fsp3) is 0.133. The van der Waals surface area contributed by atoms with E-state index in [2.05, 4.69) is 0 Å². The van der Waals surface area contributed by atoms with Gasteiger partial charge < -0.3 is 9.67 Å². The largest absolute Gasteiger partial charge is 0.477 e. The number of Topliss-reactive ketones (excluding diaryl/α,β-unsaturated/α-hetero) is 1. The number of nitro benzene ring substituents is 1. The van der Waals surface area contributed by atoms with E-state index in [4.69, 9.17) is 5.11 Å². The zero-order chi connectivity index (χ0) is 17.1. The summed E-state index contributed by atoms with van der Waals surface area (Å²) in [6, 6.07) is 7.95. The number of rotatable bonds is 5. The van der Waals surface area contributed by atoms with Crippen LogP contribution in [0.15, 0.2) is 41.2 Å². The highest BCUT2D eigenvalue weighted by Crippen LogP contribution is 2.22. The van der Waals surface area contributed by atoms with Crippen LogP contribution in [-0.2, 0) is 11.3 Å². The highest BCUT2D eigenvalue weighted by molar-refractivity contribution is 5.88. The van der Waals surface area contributed by atoms with E-state index in [1.807, 2.05) is 0 Å². The van der Waals surface area contributed by atoms with Crippen LogP contribution in [0, 0.1) is 10.1 Å². The van der Waals surface area contributed by atoms with Gasteiger partial charge >= 0.3 is 5.97 Å². The maximum atomic E-state index is 12.2. The summed E-state index contributed by atoms with van der Waals surface area (Å²) >= 11 is 0. The normalized spacial score (nSPS) is 10.3. The van der Waals surface area contributed by atoms with Gasteiger partial charge in [0.2, 0.25) is 0 Å². The Hall–Kier alpha value is -3.29. The monoisotopic (exact) mass is 316 g/mol. The summed E-state index contributed by atoms with van der Waals surface area (Å²) < 4.78 is 1.05. The van der Waals surface area contributed by atoms with E-state index >= 15 is 0 Å². The van der Waals surface area contributed by atoms with Gasteiger partial charge in [-0.05, 0) is 36.8 Å². The van der Waals surface area contributed by atoms with Crippen LogP contribution in [-0.4, -0.2) is 26.3 Å². The minimum absolute atomic E-state index is 0.114. The molecule has 118 valence electrons. The first kappa shape index (κ1) is 16.1. The summed E-state index contributed by atoms with van der Waals surface area (Å²) in [4.78, 5) is 44.8. The van der Waals surface area contributed by atoms with Crippen molar-refractivity contribution in [1.29, 1.82) is 0 Å². The van der Waals surface area contributed by atoms with Crippen molar-refractivity contribution >= 4 is 17.4 Å². The number of benzene rings is 1. The predicted molar refractivity (Wildman–Crippen MR) is 80.4 cm³/mol. The predicted octanol–water partition coefficient (Wildman–Crippen LogP) is 1.71. The van der Waals surface area contributed by atoms with Gasteiger partial charge in [0, 0.05) is 12.1 Å². The molecule has 2 rings (SSSR count). The lowest BCUT2D eigenvalue weighted by Gasteiger charge is -2.12. The minimum atomic E-state index is -1.39. The Labute approximate surface area is 129 Å². The van der Waals surface area contributed by atoms with E-state index in [1.165, 1.54) is 37.3 Å². The number of pyridine rings is 1. The summed E-state index contributed by atoms with van der Waals surface area (Å²) in [5.74, 6) is -1.71. The van der Waals surface area contributed by atoms with Crippen LogP contribution < -0.4 is 5.56 Å². The van der Waals surface area contributed by atoms with Crippen LogP contribution >= 0.6 is 0 Å². The molecule has 23 heavy (non-hydrogen) atoms. The van der Waals surface area contributed by atoms with Gasteiger partial charge in [0.1, 0.15) is 11.3 Å². The SMILES string of the molecule is CC(=O)Cn1c(-c2ccc([N+](=O)[O-])cc2)ccc(C(=O)O)c1=O. The van der Waals surface area contributed by atoms with Crippen molar-refractivity contribution < 1.29 is 19.6 Å². The minimum Gasteiger partial charge on any atom is -0.477 e. The Morgan fingerprint density at radius 2 is 1.78 bits per heavy atom. The van der Waals surface area contributed by atoms with Gasteiger partial charge in [-0.15, -0.1) is 0 Å². The molecule has 0 unspecified atom stereocenters. The van der Waals surface area contributed by atoms with Crippen molar-refractivity contribution in [1.82, 2.24) is 4.57 Å². The average Bonchev–Trinajstić information content (AvgIpc) is 2.48. The number of carboxylic acids is 1. The van der Waals surface area contributed by atoms with Crippen molar-refractivity contribution in [3.8, 4) is 11.3 Å². The number of ketones is 1. The zero-order valence-electron chi connectivity index (χ0n) is 12.1. The molecule has 0 radical (unpaired) electrons. The molecule has 8 heteroatoms. The van der Waals surface area contributed by atoms with Crippen molar-refractivity contribution in [3.05, 3.63) is 62.4 Å². The molecule has 0 saturated heterocycles. The summed E-state index contributed by atoms with van der Waals surface area (Å²) in [5, 5.41) is 19.7. The van der Waals surface area contributed by atoms with Gasteiger partial charge in [-0.1, -0.05) is 0 Å². The highest BCUT2D eigenvalue weighted by atomic mass is 16.6. The fourth-order valence-electron chi connectivity index (χ4n) is 2.13. The van der Waals surface area contributed by atoms with Crippen LogP contribution in [0.1, 0.15) is 17.3 Å². The van der Waals surface area contributed by atoms with E-state index in [1.54, 1.807) is 0 Å². The van der Waals surface area contributed by atoms with Gasteiger partial charge in [0.25, 0.3) is 11.2 Å². The second kappa shape index (κ2) is 6.22. The van der Waals surface area contributed by atoms with Gasteiger partial charge in [0.15, 0.2) is 0 Å². The van der Waals surface area contributed by atoms with Crippen LogP contribution in [0.3, 0.4) is 0 Å². The molecule has 0 bridgehead atoms. The summed E-state index contributed by atoms with van der Waals surface area (Å²) in [6.07, 6.45) is 0. The first-order chi connectivity index (χ1) is 10.8. The van der Waals surface area contributed by atoms with Crippen molar-refractivity contribution in [2.45, 2.75) is 13.5 Å². The summed E-state index contributed by atoms with van der Waals surface area (Å²) in [7, 11) is 0. The number of carbonyl (C=O) groups is 2. The third kappa shape index (κ3) is 3.31. The highest BCUT2D eigenvalue weighted by Gasteiger charge is 2.16. The van der Waals surface area contributed by atoms with E-state index < -0.39 is 22.0 Å². The number of carboxylic acid groups (broad SMARTS) is 1. The van der Waals surface area contributed by atoms with E-state index in [0.29, 0.717) is 11.3 Å². The van der Waals surface area contributed by atoms with Crippen LogP contribution in [0.2, 0.25) is 0 Å². The molecule has 0 aliphatic carbocycles. The Bertz CT molecular complexity index is 851. The maximum absolute atomic E-state index is 12.2. The molecular formula is C15H12N2O6. The first-order valence-electron chi connectivity index (χ1n) is 6.52. The van der Waals surface area contributed by atoms with Gasteiger partial charge in [-0.3, -0.25) is 19.7 Å². The molecule has 0 spiro atoms. The Balaban J connectivity index is 2.63. The third-order valence-electron chi connectivity index (χ3n) is 3.16. The number of carbonyl (C=O) groups excluding carboxylic acids is 1. The number of hydrogen-bond donors (Lipinski definition) is 1. The molecule has 8 nitrogen and oxygen atoms in total. The summed E-state index contributed by atoms with van der Waals surface area (Å²) in [6.45, 7) is 0.992. The summed E-state index contributed by atoms with van der Waals surface area (Å²) in [5.41, 5.74) is -0.590. The van der Waals surface area contributed by atoms with E-state index in [9.17, 15) is 24.5 Å². The van der Waals surface area contributed by atoms with Crippen molar-refractivity contribution in [2.75, 3.05) is 0 Å². The van der Waals surface area contributed by atoms with E-state index in [-0.39, 0.29) is 18.0 Å². The first-order valence-corrected chi connectivity index (χ1v) is 6.52. The number of aromatic carboxylic acids is 1. The molecule has 0 fully saturated rings. The smallest absolute Gasteiger partial charge is 0.341 e. The van der Waals surface area contributed by atoms with Crippen LogP contribution in [0.5, 0.6) is 0 Å². The molecule has 1 aromatic carbocycles. The quantitative estimate of drug-likeness (QED) is 0.662. The molecule has 0 atom stereocenters. The van der Waals surface area contributed by atoms with Crippen molar-refractivity contribution in [2.24, 2.45) is 0 Å². The molecule has 0 amide bonds. The third-order valence-corrected chi connectivity index (χ3v) is 3.16. The lowest BCUT2D eigenvalue weighted by Crippen LogP contribution is -2.29. The Kier molecular flexibility index (Phi) is 4.35. The molecule has 2 aromatic rings. The lowest BCUT2D eigenvalue weighted by atomic mass is 10.1. The fourth-order valence-corrected chi connectivity index (χ4v) is 2.13. The van der Waals surface area contributed by atoms with Gasteiger partial charge in [-0.2, -0.15) is 0 Å². The molecular weight excluding hydrogens is 304 g/mol. The topological polar surface area (TPSA) is 120 Å². The molecule has 0 saturated carbocycles. The Morgan fingerprint density at radius 3 is 2.26 bits per heavy atom. The average molecular weight is 316 g/mol.